The standard InChI is InChI=1S/C15H22ClNOS/c16-12-4-1-8-15(10-12)19-11-13(17)5-2-6-14-7-3-9-18-14/h1,4,8,10,13-14H,2-3,5-7,9,11,17H2. The third-order valence-corrected chi connectivity index (χ3v) is 4.80. The highest BCUT2D eigenvalue weighted by Gasteiger charge is 2.15. The van der Waals surface area contributed by atoms with Crippen LogP contribution in [0.5, 0.6) is 0 Å². The molecule has 2 unspecified atom stereocenters. The summed E-state index contributed by atoms with van der Waals surface area (Å²) < 4.78 is 5.62. The monoisotopic (exact) mass is 299 g/mol. The molecule has 0 aliphatic carbocycles. The lowest BCUT2D eigenvalue weighted by molar-refractivity contribution is 0.102. The van der Waals surface area contributed by atoms with Crippen LogP contribution >= 0.6 is 23.4 Å². The first-order chi connectivity index (χ1) is 9.24. The van der Waals surface area contributed by atoms with E-state index in [0.29, 0.717) is 6.10 Å². The average molecular weight is 300 g/mol. The largest absolute Gasteiger partial charge is 0.378 e. The minimum Gasteiger partial charge on any atom is -0.378 e. The Labute approximate surface area is 125 Å². The Morgan fingerprint density at radius 2 is 2.37 bits per heavy atom. The molecule has 1 aliphatic heterocycles. The molecule has 0 aromatic heterocycles. The zero-order valence-electron chi connectivity index (χ0n) is 11.2. The van der Waals surface area contributed by atoms with Gasteiger partial charge in [0.05, 0.1) is 6.10 Å². The van der Waals surface area contributed by atoms with Crippen molar-refractivity contribution in [1.82, 2.24) is 0 Å². The maximum absolute atomic E-state index is 6.15. The summed E-state index contributed by atoms with van der Waals surface area (Å²) in [5.41, 5.74) is 6.15. The predicted molar refractivity (Wildman–Crippen MR) is 83.0 cm³/mol. The molecule has 2 nitrogen and oxygen atoms in total. The number of hydrogen-bond donors (Lipinski definition) is 1. The fourth-order valence-corrected chi connectivity index (χ4v) is 3.54. The molecule has 1 saturated heterocycles. The van der Waals surface area contributed by atoms with Gasteiger partial charge in [-0.15, -0.1) is 11.8 Å². The molecule has 1 heterocycles. The van der Waals surface area contributed by atoms with E-state index in [1.165, 1.54) is 24.2 Å². The van der Waals surface area contributed by atoms with E-state index >= 15 is 0 Å². The fraction of sp³-hybridized carbons (Fsp3) is 0.600. The molecule has 1 aromatic rings. The van der Waals surface area contributed by atoms with Crippen LogP contribution in [0.1, 0.15) is 32.1 Å². The Morgan fingerprint density at radius 1 is 1.47 bits per heavy atom. The quantitative estimate of drug-likeness (QED) is 0.770. The third kappa shape index (κ3) is 5.74. The van der Waals surface area contributed by atoms with Crippen molar-refractivity contribution in [1.29, 1.82) is 0 Å². The third-order valence-electron chi connectivity index (χ3n) is 3.39. The SMILES string of the molecule is NC(CCCC1CCCO1)CSc1cccc(Cl)c1. The molecule has 4 heteroatoms. The topological polar surface area (TPSA) is 35.2 Å². The van der Waals surface area contributed by atoms with E-state index in [1.807, 2.05) is 18.2 Å². The zero-order chi connectivity index (χ0) is 13.5. The number of halogens is 1. The van der Waals surface area contributed by atoms with Crippen LogP contribution < -0.4 is 5.73 Å². The number of nitrogens with two attached hydrogens (primary N) is 1. The summed E-state index contributed by atoms with van der Waals surface area (Å²) in [5.74, 6) is 0.950. The molecule has 1 aromatic carbocycles. The first kappa shape index (κ1) is 15.2. The van der Waals surface area contributed by atoms with E-state index in [1.54, 1.807) is 11.8 Å². The molecular formula is C15H22ClNOS. The van der Waals surface area contributed by atoms with Crippen LogP contribution in [-0.2, 0) is 4.74 Å². The van der Waals surface area contributed by atoms with Gasteiger partial charge in [0.1, 0.15) is 0 Å². The molecule has 2 atom stereocenters. The second-order valence-corrected chi connectivity index (χ2v) is 6.62. The maximum Gasteiger partial charge on any atom is 0.0576 e. The van der Waals surface area contributed by atoms with E-state index in [2.05, 4.69) is 6.07 Å². The summed E-state index contributed by atoms with van der Waals surface area (Å²) in [5, 5.41) is 0.789. The van der Waals surface area contributed by atoms with E-state index in [9.17, 15) is 0 Å². The van der Waals surface area contributed by atoms with Gasteiger partial charge >= 0.3 is 0 Å². The molecule has 0 spiro atoms. The summed E-state index contributed by atoms with van der Waals surface area (Å²) in [6.45, 7) is 0.946. The van der Waals surface area contributed by atoms with Gasteiger partial charge in [-0.2, -0.15) is 0 Å². The summed E-state index contributed by atoms with van der Waals surface area (Å²) in [4.78, 5) is 1.20. The summed E-state index contributed by atoms with van der Waals surface area (Å²) in [6.07, 6.45) is 6.35. The Morgan fingerprint density at radius 3 is 3.11 bits per heavy atom. The molecule has 0 amide bonds. The molecule has 0 bridgehead atoms. The molecule has 1 fully saturated rings. The molecule has 1 aliphatic rings. The van der Waals surface area contributed by atoms with E-state index < -0.39 is 0 Å². The van der Waals surface area contributed by atoms with Crippen LogP contribution in [0, 0.1) is 0 Å². The van der Waals surface area contributed by atoms with E-state index in [4.69, 9.17) is 22.1 Å². The molecule has 0 radical (unpaired) electrons. The minimum atomic E-state index is 0.255. The van der Waals surface area contributed by atoms with Crippen molar-refractivity contribution in [3.05, 3.63) is 29.3 Å². The van der Waals surface area contributed by atoms with Crippen LogP contribution in [0.15, 0.2) is 29.2 Å². The van der Waals surface area contributed by atoms with Gasteiger partial charge in [-0.05, 0) is 50.3 Å². The van der Waals surface area contributed by atoms with Crippen molar-refractivity contribution in [3.8, 4) is 0 Å². The van der Waals surface area contributed by atoms with Crippen molar-refractivity contribution in [2.24, 2.45) is 5.73 Å². The lowest BCUT2D eigenvalue weighted by atomic mass is 10.1. The van der Waals surface area contributed by atoms with Gasteiger partial charge in [0.25, 0.3) is 0 Å². The Hall–Kier alpha value is -0.220. The van der Waals surface area contributed by atoms with Crippen LogP contribution in [0.25, 0.3) is 0 Å². The molecule has 106 valence electrons. The lowest BCUT2D eigenvalue weighted by Crippen LogP contribution is -2.23. The van der Waals surface area contributed by atoms with Crippen molar-refractivity contribution >= 4 is 23.4 Å². The van der Waals surface area contributed by atoms with Crippen molar-refractivity contribution in [3.63, 3.8) is 0 Å². The van der Waals surface area contributed by atoms with Gasteiger partial charge in [-0.25, -0.2) is 0 Å². The lowest BCUT2D eigenvalue weighted by Gasteiger charge is -2.13. The molecule has 2 N–H and O–H groups in total. The smallest absolute Gasteiger partial charge is 0.0576 e. The number of hydrogen-bond acceptors (Lipinski definition) is 3. The second kappa shape index (κ2) is 8.15. The molecule has 0 saturated carbocycles. The molecule has 2 rings (SSSR count). The van der Waals surface area contributed by atoms with Crippen molar-refractivity contribution < 1.29 is 4.74 Å². The first-order valence-corrected chi connectivity index (χ1v) is 8.36. The van der Waals surface area contributed by atoms with Crippen LogP contribution in [0.4, 0.5) is 0 Å². The Kier molecular flexibility index (Phi) is 6.51. The van der Waals surface area contributed by atoms with Crippen LogP contribution in [0.3, 0.4) is 0 Å². The van der Waals surface area contributed by atoms with Gasteiger partial charge in [-0.1, -0.05) is 17.7 Å². The minimum absolute atomic E-state index is 0.255. The predicted octanol–water partition coefficient (Wildman–Crippen LogP) is 4.11. The van der Waals surface area contributed by atoms with Crippen molar-refractivity contribution in [2.45, 2.75) is 49.1 Å². The molecule has 19 heavy (non-hydrogen) atoms. The van der Waals surface area contributed by atoms with Crippen LogP contribution in [-0.4, -0.2) is 24.5 Å². The van der Waals surface area contributed by atoms with Gasteiger partial charge in [0.2, 0.25) is 0 Å². The van der Waals surface area contributed by atoms with Gasteiger partial charge in [0, 0.05) is 28.3 Å². The van der Waals surface area contributed by atoms with Crippen LogP contribution in [0.2, 0.25) is 5.02 Å². The van der Waals surface area contributed by atoms with Crippen molar-refractivity contribution in [2.75, 3.05) is 12.4 Å². The van der Waals surface area contributed by atoms with E-state index in [-0.39, 0.29) is 6.04 Å². The number of rotatable bonds is 7. The fourth-order valence-electron chi connectivity index (χ4n) is 2.32. The first-order valence-electron chi connectivity index (χ1n) is 6.99. The maximum atomic E-state index is 6.15. The average Bonchev–Trinajstić information content (AvgIpc) is 2.90. The summed E-state index contributed by atoms with van der Waals surface area (Å²) >= 11 is 7.74. The summed E-state index contributed by atoms with van der Waals surface area (Å²) in [6, 6.07) is 8.20. The van der Waals surface area contributed by atoms with Gasteiger partial charge in [0.15, 0.2) is 0 Å². The highest BCUT2D eigenvalue weighted by atomic mass is 35.5. The molecular weight excluding hydrogens is 278 g/mol. The zero-order valence-corrected chi connectivity index (χ0v) is 12.8. The highest BCUT2D eigenvalue weighted by Crippen LogP contribution is 2.23. The highest BCUT2D eigenvalue weighted by molar-refractivity contribution is 7.99. The Bertz CT molecular complexity index is 382. The Balaban J connectivity index is 1.60. The number of ether oxygens (including phenoxy) is 1. The normalized spacial score (nSPS) is 20.6. The summed E-state index contributed by atoms with van der Waals surface area (Å²) in [7, 11) is 0. The number of thioether (sulfide) groups is 1. The van der Waals surface area contributed by atoms with E-state index in [0.717, 1.165) is 30.2 Å². The van der Waals surface area contributed by atoms with Gasteiger partial charge in [-0.3, -0.25) is 0 Å². The second-order valence-electron chi connectivity index (χ2n) is 5.09. The number of benzene rings is 1. The van der Waals surface area contributed by atoms with Gasteiger partial charge < -0.3 is 10.5 Å².